The maximum absolute atomic E-state index is 6.03. The molecule has 2 atom stereocenters. The van der Waals surface area contributed by atoms with Crippen molar-refractivity contribution in [3.8, 4) is 0 Å². The van der Waals surface area contributed by atoms with E-state index in [0.717, 1.165) is 25.7 Å². The Labute approximate surface area is 112 Å². The SMILES string of the molecule is CCCC1CCN(C(CN)C2CCCOC2)CC1. The third kappa shape index (κ3) is 3.69. The number of rotatable bonds is 5. The number of nitrogens with zero attached hydrogens (tertiary/aromatic N) is 1. The molecule has 0 aromatic heterocycles. The van der Waals surface area contributed by atoms with Gasteiger partial charge in [0.25, 0.3) is 0 Å². The molecule has 0 aromatic rings. The minimum absolute atomic E-state index is 0.563. The van der Waals surface area contributed by atoms with Crippen LogP contribution in [0.15, 0.2) is 0 Å². The zero-order chi connectivity index (χ0) is 12.8. The van der Waals surface area contributed by atoms with Crippen LogP contribution in [0.25, 0.3) is 0 Å². The van der Waals surface area contributed by atoms with E-state index in [9.17, 15) is 0 Å². The highest BCUT2D eigenvalue weighted by Crippen LogP contribution is 2.27. The highest BCUT2D eigenvalue weighted by molar-refractivity contribution is 4.85. The zero-order valence-corrected chi connectivity index (χ0v) is 11.9. The fourth-order valence-electron chi connectivity index (χ4n) is 3.69. The fraction of sp³-hybridized carbons (Fsp3) is 1.00. The van der Waals surface area contributed by atoms with Gasteiger partial charge in [-0.15, -0.1) is 0 Å². The van der Waals surface area contributed by atoms with Crippen molar-refractivity contribution in [1.82, 2.24) is 4.90 Å². The average Bonchev–Trinajstić information content (AvgIpc) is 2.43. The van der Waals surface area contributed by atoms with Crippen molar-refractivity contribution < 1.29 is 4.74 Å². The van der Waals surface area contributed by atoms with Crippen LogP contribution < -0.4 is 5.73 Å². The van der Waals surface area contributed by atoms with Crippen molar-refractivity contribution in [1.29, 1.82) is 0 Å². The van der Waals surface area contributed by atoms with Gasteiger partial charge in [0.05, 0.1) is 6.61 Å². The van der Waals surface area contributed by atoms with E-state index >= 15 is 0 Å². The second-order valence-corrected chi connectivity index (χ2v) is 6.05. The van der Waals surface area contributed by atoms with Gasteiger partial charge in [-0.1, -0.05) is 19.8 Å². The second-order valence-electron chi connectivity index (χ2n) is 6.05. The lowest BCUT2D eigenvalue weighted by Crippen LogP contribution is -2.50. The Morgan fingerprint density at radius 3 is 2.61 bits per heavy atom. The predicted molar refractivity (Wildman–Crippen MR) is 75.6 cm³/mol. The molecule has 3 nitrogen and oxygen atoms in total. The molecule has 2 unspecified atom stereocenters. The lowest BCUT2D eigenvalue weighted by Gasteiger charge is -2.41. The van der Waals surface area contributed by atoms with Crippen LogP contribution in [0.2, 0.25) is 0 Å². The van der Waals surface area contributed by atoms with E-state index in [1.807, 2.05) is 0 Å². The molecule has 106 valence electrons. The smallest absolute Gasteiger partial charge is 0.0509 e. The fourth-order valence-corrected chi connectivity index (χ4v) is 3.69. The topological polar surface area (TPSA) is 38.5 Å². The molecule has 3 heteroatoms. The Kier molecular flexibility index (Phi) is 5.93. The van der Waals surface area contributed by atoms with Crippen LogP contribution in [0.5, 0.6) is 0 Å². The van der Waals surface area contributed by atoms with Gasteiger partial charge >= 0.3 is 0 Å². The van der Waals surface area contributed by atoms with E-state index in [2.05, 4.69) is 11.8 Å². The van der Waals surface area contributed by atoms with E-state index in [-0.39, 0.29) is 0 Å². The largest absolute Gasteiger partial charge is 0.381 e. The number of likely N-dealkylation sites (tertiary alicyclic amines) is 1. The molecule has 0 bridgehead atoms. The van der Waals surface area contributed by atoms with Crippen LogP contribution >= 0.6 is 0 Å². The molecule has 2 heterocycles. The van der Waals surface area contributed by atoms with Gasteiger partial charge in [0.2, 0.25) is 0 Å². The van der Waals surface area contributed by atoms with Gasteiger partial charge in [-0.05, 0) is 50.6 Å². The minimum Gasteiger partial charge on any atom is -0.381 e. The maximum atomic E-state index is 6.03. The first-order valence-corrected chi connectivity index (χ1v) is 7.87. The predicted octanol–water partition coefficient (Wildman–Crippen LogP) is 2.25. The van der Waals surface area contributed by atoms with Crippen molar-refractivity contribution in [2.24, 2.45) is 17.6 Å². The van der Waals surface area contributed by atoms with Gasteiger partial charge in [0, 0.05) is 19.2 Å². The standard InChI is InChI=1S/C15H30N2O/c1-2-4-13-6-8-17(9-7-13)15(11-16)14-5-3-10-18-12-14/h13-15H,2-12,16H2,1H3. The summed E-state index contributed by atoms with van der Waals surface area (Å²) in [4.78, 5) is 2.64. The lowest BCUT2D eigenvalue weighted by atomic mass is 9.87. The molecule has 2 aliphatic heterocycles. The molecule has 2 fully saturated rings. The van der Waals surface area contributed by atoms with Crippen LogP contribution in [0, 0.1) is 11.8 Å². The molecule has 2 rings (SSSR count). The maximum Gasteiger partial charge on any atom is 0.0509 e. The summed E-state index contributed by atoms with van der Waals surface area (Å²) >= 11 is 0. The first kappa shape index (κ1) is 14.3. The number of ether oxygens (including phenoxy) is 1. The first-order valence-electron chi connectivity index (χ1n) is 7.87. The molecule has 2 N–H and O–H groups in total. The van der Waals surface area contributed by atoms with E-state index in [0.29, 0.717) is 12.0 Å². The van der Waals surface area contributed by atoms with Crippen molar-refractivity contribution in [3.05, 3.63) is 0 Å². The van der Waals surface area contributed by atoms with Gasteiger partial charge in [0.15, 0.2) is 0 Å². The Hall–Kier alpha value is -0.120. The number of piperidine rings is 1. The number of nitrogens with two attached hydrogens (primary N) is 1. The highest BCUT2D eigenvalue weighted by atomic mass is 16.5. The van der Waals surface area contributed by atoms with Gasteiger partial charge in [-0.2, -0.15) is 0 Å². The van der Waals surface area contributed by atoms with Crippen LogP contribution in [-0.2, 0) is 4.74 Å². The summed E-state index contributed by atoms with van der Waals surface area (Å²) in [7, 11) is 0. The van der Waals surface area contributed by atoms with E-state index < -0.39 is 0 Å². The minimum atomic E-state index is 0.563. The molecular weight excluding hydrogens is 224 g/mol. The molecule has 0 amide bonds. The quantitative estimate of drug-likeness (QED) is 0.818. The Balaban J connectivity index is 1.81. The Morgan fingerprint density at radius 2 is 2.06 bits per heavy atom. The van der Waals surface area contributed by atoms with Crippen LogP contribution in [0.3, 0.4) is 0 Å². The van der Waals surface area contributed by atoms with Gasteiger partial charge in [-0.25, -0.2) is 0 Å². The summed E-state index contributed by atoms with van der Waals surface area (Å²) in [6.45, 7) is 7.48. The van der Waals surface area contributed by atoms with Gasteiger partial charge in [0.1, 0.15) is 0 Å². The van der Waals surface area contributed by atoms with Crippen molar-refractivity contribution in [3.63, 3.8) is 0 Å². The van der Waals surface area contributed by atoms with E-state index in [1.165, 1.54) is 51.6 Å². The zero-order valence-electron chi connectivity index (χ0n) is 11.9. The Bertz CT molecular complexity index is 221. The Morgan fingerprint density at radius 1 is 1.28 bits per heavy atom. The molecule has 0 aliphatic carbocycles. The number of hydrogen-bond acceptors (Lipinski definition) is 3. The number of hydrogen-bond donors (Lipinski definition) is 1. The molecule has 0 spiro atoms. The van der Waals surface area contributed by atoms with Crippen LogP contribution in [-0.4, -0.2) is 43.8 Å². The second kappa shape index (κ2) is 7.46. The van der Waals surface area contributed by atoms with E-state index in [1.54, 1.807) is 0 Å². The molecule has 0 saturated carbocycles. The highest BCUT2D eigenvalue weighted by Gasteiger charge is 2.30. The summed E-state index contributed by atoms with van der Waals surface area (Å²) < 4.78 is 5.63. The molecule has 0 radical (unpaired) electrons. The van der Waals surface area contributed by atoms with E-state index in [4.69, 9.17) is 10.5 Å². The average molecular weight is 254 g/mol. The molecule has 2 aliphatic rings. The third-order valence-corrected chi connectivity index (χ3v) is 4.80. The summed E-state index contributed by atoms with van der Waals surface area (Å²) in [5, 5.41) is 0. The molecule has 18 heavy (non-hydrogen) atoms. The summed E-state index contributed by atoms with van der Waals surface area (Å²) in [5.74, 6) is 1.64. The molecular formula is C15H30N2O. The van der Waals surface area contributed by atoms with Crippen molar-refractivity contribution >= 4 is 0 Å². The summed E-state index contributed by atoms with van der Waals surface area (Å²) in [6, 6.07) is 0.563. The monoisotopic (exact) mass is 254 g/mol. The molecule has 2 saturated heterocycles. The van der Waals surface area contributed by atoms with Gasteiger partial charge in [-0.3, -0.25) is 4.90 Å². The summed E-state index contributed by atoms with van der Waals surface area (Å²) in [6.07, 6.45) is 8.01. The molecule has 0 aromatic carbocycles. The van der Waals surface area contributed by atoms with Gasteiger partial charge < -0.3 is 10.5 Å². The van der Waals surface area contributed by atoms with Crippen molar-refractivity contribution in [2.75, 3.05) is 32.8 Å². The van der Waals surface area contributed by atoms with Crippen LogP contribution in [0.4, 0.5) is 0 Å². The van der Waals surface area contributed by atoms with Crippen molar-refractivity contribution in [2.45, 2.75) is 51.5 Å². The normalized spacial score (nSPS) is 29.3. The first-order chi connectivity index (χ1) is 8.85. The lowest BCUT2D eigenvalue weighted by molar-refractivity contribution is 0.00194. The third-order valence-electron chi connectivity index (χ3n) is 4.80. The summed E-state index contributed by atoms with van der Waals surface area (Å²) in [5.41, 5.74) is 6.03. The van der Waals surface area contributed by atoms with Crippen LogP contribution in [0.1, 0.15) is 45.4 Å².